The molecule has 8 heteroatoms. The van der Waals surface area contributed by atoms with Crippen molar-refractivity contribution in [1.82, 2.24) is 9.55 Å². The third kappa shape index (κ3) is 2.34. The van der Waals surface area contributed by atoms with Crippen LogP contribution in [0.3, 0.4) is 0 Å². The van der Waals surface area contributed by atoms with Crippen LogP contribution in [-0.2, 0) is 0 Å². The Kier molecular flexibility index (Phi) is 3.67. The van der Waals surface area contributed by atoms with Crippen LogP contribution < -0.4 is 11.2 Å². The molecule has 0 bridgehead atoms. The summed E-state index contributed by atoms with van der Waals surface area (Å²) in [6.45, 7) is 1.13. The van der Waals surface area contributed by atoms with Gasteiger partial charge in [0.25, 0.3) is 5.56 Å². The summed E-state index contributed by atoms with van der Waals surface area (Å²) >= 11 is 2.89. The van der Waals surface area contributed by atoms with Gasteiger partial charge in [-0.25, -0.2) is 18.1 Å². The van der Waals surface area contributed by atoms with E-state index < -0.39 is 34.4 Å². The molecule has 0 radical (unpaired) electrons. The zero-order chi connectivity index (χ0) is 15.0. The number of aromatic amines is 1. The molecule has 2 aromatic rings. The number of benzene rings is 1. The summed E-state index contributed by atoms with van der Waals surface area (Å²) in [5.41, 5.74) is -2.68. The lowest BCUT2D eigenvalue weighted by Gasteiger charge is -2.09. The molecule has 0 amide bonds. The Balaban J connectivity index is 2.91. The summed E-state index contributed by atoms with van der Waals surface area (Å²) in [6.07, 6.45) is 0.957. The number of Topliss-reactive ketones (excluding diaryl/α,β-unsaturated/α-hetero) is 1. The van der Waals surface area contributed by atoms with Gasteiger partial charge in [-0.15, -0.1) is 0 Å². The molecule has 1 aromatic carbocycles. The largest absolute Gasteiger partial charge is 0.333 e. The van der Waals surface area contributed by atoms with Crippen molar-refractivity contribution in [2.75, 3.05) is 0 Å². The molecule has 1 heterocycles. The van der Waals surface area contributed by atoms with E-state index in [1.807, 2.05) is 0 Å². The maximum atomic E-state index is 13.8. The number of halogens is 3. The van der Waals surface area contributed by atoms with Crippen molar-refractivity contribution in [3.8, 4) is 5.69 Å². The van der Waals surface area contributed by atoms with Gasteiger partial charge in [-0.05, 0) is 28.9 Å². The van der Waals surface area contributed by atoms with Gasteiger partial charge >= 0.3 is 5.69 Å². The van der Waals surface area contributed by atoms with Crippen LogP contribution in [0.25, 0.3) is 5.69 Å². The van der Waals surface area contributed by atoms with Crippen molar-refractivity contribution in [3.05, 3.63) is 60.8 Å². The number of ketones is 1. The monoisotopic (exact) mass is 344 g/mol. The zero-order valence-corrected chi connectivity index (χ0v) is 11.6. The molecule has 2 rings (SSSR count). The second-order valence-electron chi connectivity index (χ2n) is 3.92. The van der Waals surface area contributed by atoms with E-state index >= 15 is 0 Å². The molecule has 5 nitrogen and oxygen atoms in total. The number of nitrogens with one attached hydrogen (secondary N) is 1. The fraction of sp³-hybridized carbons (Fsp3) is 0.0833. The van der Waals surface area contributed by atoms with Crippen LogP contribution in [-0.4, -0.2) is 15.3 Å². The highest BCUT2D eigenvalue weighted by Crippen LogP contribution is 2.23. The first-order chi connectivity index (χ1) is 9.32. The number of carbonyl (C=O) groups is 1. The van der Waals surface area contributed by atoms with Gasteiger partial charge in [-0.1, -0.05) is 0 Å². The van der Waals surface area contributed by atoms with Crippen LogP contribution in [0, 0.1) is 11.6 Å². The first-order valence-electron chi connectivity index (χ1n) is 5.33. The van der Waals surface area contributed by atoms with E-state index in [1.54, 1.807) is 0 Å². The molecule has 0 spiro atoms. The molecule has 20 heavy (non-hydrogen) atoms. The van der Waals surface area contributed by atoms with E-state index in [1.165, 1.54) is 0 Å². The van der Waals surface area contributed by atoms with E-state index in [9.17, 15) is 23.2 Å². The molecular weight excluding hydrogens is 338 g/mol. The second kappa shape index (κ2) is 5.12. The van der Waals surface area contributed by atoms with E-state index in [4.69, 9.17) is 0 Å². The van der Waals surface area contributed by atoms with Crippen molar-refractivity contribution in [2.24, 2.45) is 0 Å². The van der Waals surface area contributed by atoms with E-state index in [0.717, 1.165) is 19.2 Å². The van der Waals surface area contributed by atoms with Gasteiger partial charge < -0.3 is 4.98 Å². The van der Waals surface area contributed by atoms with E-state index in [0.29, 0.717) is 10.6 Å². The van der Waals surface area contributed by atoms with Gasteiger partial charge in [-0.2, -0.15) is 0 Å². The molecule has 0 atom stereocenters. The third-order valence-corrected chi connectivity index (χ3v) is 3.17. The highest BCUT2D eigenvalue weighted by Gasteiger charge is 2.18. The quantitative estimate of drug-likeness (QED) is 0.844. The Morgan fingerprint density at radius 2 is 1.95 bits per heavy atom. The average Bonchev–Trinajstić information content (AvgIpc) is 2.31. The minimum Gasteiger partial charge on any atom is -0.313 e. The van der Waals surface area contributed by atoms with Crippen LogP contribution in [0.1, 0.15) is 17.3 Å². The molecule has 0 aliphatic rings. The van der Waals surface area contributed by atoms with Crippen LogP contribution in [0.5, 0.6) is 0 Å². The molecular formula is C12H7BrF2N2O3. The summed E-state index contributed by atoms with van der Waals surface area (Å²) in [5, 5.41) is 0. The lowest BCUT2D eigenvalue weighted by atomic mass is 10.2. The SMILES string of the molecule is CC(=O)c1c[nH]c(=O)n(-c2c(F)cc(F)cc2Br)c1=O. The third-order valence-electron chi connectivity index (χ3n) is 2.56. The Morgan fingerprint density at radius 1 is 1.30 bits per heavy atom. The highest BCUT2D eigenvalue weighted by molar-refractivity contribution is 9.10. The zero-order valence-electron chi connectivity index (χ0n) is 10.0. The molecule has 0 unspecified atom stereocenters. The Morgan fingerprint density at radius 3 is 2.50 bits per heavy atom. The molecule has 0 aliphatic carbocycles. The average molecular weight is 345 g/mol. The molecule has 104 valence electrons. The fourth-order valence-electron chi connectivity index (χ4n) is 1.68. The van der Waals surface area contributed by atoms with Crippen molar-refractivity contribution in [1.29, 1.82) is 0 Å². The summed E-state index contributed by atoms with van der Waals surface area (Å²) in [5.74, 6) is -2.56. The van der Waals surface area contributed by atoms with Gasteiger partial charge in [0.2, 0.25) is 0 Å². The van der Waals surface area contributed by atoms with Crippen molar-refractivity contribution < 1.29 is 13.6 Å². The van der Waals surface area contributed by atoms with Crippen LogP contribution in [0.15, 0.2) is 32.4 Å². The molecule has 1 N–H and O–H groups in total. The normalized spacial score (nSPS) is 10.6. The number of hydrogen-bond donors (Lipinski definition) is 1. The van der Waals surface area contributed by atoms with E-state index in [2.05, 4.69) is 20.9 Å². The number of rotatable bonds is 2. The number of carbonyl (C=O) groups excluding carboxylic acids is 1. The van der Waals surface area contributed by atoms with Crippen molar-refractivity contribution >= 4 is 21.7 Å². The number of nitrogens with zero attached hydrogens (tertiary/aromatic N) is 1. The van der Waals surface area contributed by atoms with Gasteiger partial charge in [0.15, 0.2) is 11.6 Å². The maximum Gasteiger partial charge on any atom is 0.333 e. The minimum atomic E-state index is -1.11. The number of H-pyrrole nitrogens is 1. The lowest BCUT2D eigenvalue weighted by molar-refractivity contribution is 0.101. The van der Waals surface area contributed by atoms with E-state index in [-0.39, 0.29) is 10.0 Å². The molecule has 0 saturated carbocycles. The Labute approximate surface area is 119 Å². The lowest BCUT2D eigenvalue weighted by Crippen LogP contribution is -2.37. The number of aromatic nitrogens is 2. The Bertz CT molecular complexity index is 803. The topological polar surface area (TPSA) is 71.9 Å². The summed E-state index contributed by atoms with van der Waals surface area (Å²) in [7, 11) is 0. The predicted octanol–water partition coefficient (Wildman–Crippen LogP) is 1.77. The smallest absolute Gasteiger partial charge is 0.313 e. The Hall–Kier alpha value is -2.09. The van der Waals surface area contributed by atoms with Crippen LogP contribution >= 0.6 is 15.9 Å². The first-order valence-corrected chi connectivity index (χ1v) is 6.13. The predicted molar refractivity (Wildman–Crippen MR) is 70.3 cm³/mol. The van der Waals surface area contributed by atoms with Gasteiger partial charge in [0.1, 0.15) is 11.5 Å². The summed E-state index contributed by atoms with van der Waals surface area (Å²) < 4.78 is 27.2. The van der Waals surface area contributed by atoms with Crippen molar-refractivity contribution in [3.63, 3.8) is 0 Å². The molecule has 0 aliphatic heterocycles. The van der Waals surface area contributed by atoms with Gasteiger partial charge in [-0.3, -0.25) is 9.59 Å². The minimum absolute atomic E-state index is 0.122. The molecule has 0 saturated heterocycles. The van der Waals surface area contributed by atoms with Gasteiger partial charge in [0.05, 0.1) is 5.56 Å². The first kappa shape index (κ1) is 14.3. The highest BCUT2D eigenvalue weighted by atomic mass is 79.9. The number of hydrogen-bond acceptors (Lipinski definition) is 3. The molecule has 0 fully saturated rings. The standard InChI is InChI=1S/C12H7BrF2N2O3/c1-5(18)7-4-16-12(20)17(11(7)19)10-8(13)2-6(14)3-9(10)15/h2-4H,1H3,(H,16,20). The molecule has 1 aromatic heterocycles. The summed E-state index contributed by atoms with van der Waals surface area (Å²) in [4.78, 5) is 37.2. The second-order valence-corrected chi connectivity index (χ2v) is 4.78. The van der Waals surface area contributed by atoms with Gasteiger partial charge in [0, 0.05) is 16.7 Å². The maximum absolute atomic E-state index is 13.8. The van der Waals surface area contributed by atoms with Crippen LogP contribution in [0.2, 0.25) is 0 Å². The van der Waals surface area contributed by atoms with Crippen LogP contribution in [0.4, 0.5) is 8.78 Å². The summed E-state index contributed by atoms with van der Waals surface area (Å²) in [6, 6.07) is 1.44. The fourth-order valence-corrected chi connectivity index (χ4v) is 2.26. The van der Waals surface area contributed by atoms with Crippen molar-refractivity contribution in [2.45, 2.75) is 6.92 Å².